The molecular formula is C84H103N7O11. The first-order valence-electron chi connectivity index (χ1n) is 36.9. The van der Waals surface area contributed by atoms with Crippen LogP contribution in [0.1, 0.15) is 177 Å². The lowest BCUT2D eigenvalue weighted by molar-refractivity contribution is -0.384. The Morgan fingerprint density at radius 3 is 2.02 bits per heavy atom. The Bertz CT molecular complexity index is 3820. The second kappa shape index (κ2) is 35.2. The van der Waals surface area contributed by atoms with E-state index in [0.717, 1.165) is 82.1 Å². The summed E-state index contributed by atoms with van der Waals surface area (Å²) in [5.41, 5.74) is 12.7. The molecule has 0 spiro atoms. The minimum Gasteiger partial charge on any atom is -0.497 e. The maximum Gasteiger partial charge on any atom is 0.514 e. The first-order valence-corrected chi connectivity index (χ1v) is 36.9. The van der Waals surface area contributed by atoms with Gasteiger partial charge in [-0.25, -0.2) is 9.69 Å². The van der Waals surface area contributed by atoms with Crippen molar-refractivity contribution in [3.8, 4) is 17.6 Å². The molecule has 0 aromatic heterocycles. The van der Waals surface area contributed by atoms with Gasteiger partial charge in [0.15, 0.2) is 0 Å². The molecule has 0 saturated heterocycles. The SMILES string of the molecule is COc1ccc(C(NCCCC[C@H](N)C(=O)N(C(=O)[C@H](Cc2ccc(C#N)cc2)NC(=O)CCC(=O)NCCCOC2CC[C@@]3(C)C(=CC[C@H]4[C@@H]5CC[C@H]([C@H](C)CCCC(C)C)[C@@]5(C)CC[C@@H]43)C2)c2ccc(COC(=O)Oc3ccc([N+](=O)[O-])cc3)cc2)(c2ccccc2)c2ccccc2)cc1. The van der Waals surface area contributed by atoms with E-state index < -0.39 is 46.4 Å². The van der Waals surface area contributed by atoms with E-state index in [1.807, 2.05) is 60.7 Å². The van der Waals surface area contributed by atoms with E-state index in [9.17, 15) is 29.8 Å². The van der Waals surface area contributed by atoms with Gasteiger partial charge in [-0.15, -0.1) is 0 Å². The summed E-state index contributed by atoms with van der Waals surface area (Å²) in [7, 11) is 1.63. The summed E-state index contributed by atoms with van der Waals surface area (Å²) in [5, 5.41) is 30.5. The number of benzene rings is 6. The highest BCUT2D eigenvalue weighted by Gasteiger charge is 2.59. The number of non-ortho nitro benzene ring substituents is 1. The fraction of sp³-hybridized carbons (Fsp3) is 0.476. The molecule has 10 rings (SSSR count). The topological polar surface area (TPSA) is 255 Å². The fourth-order valence-electron chi connectivity index (χ4n) is 17.3. The van der Waals surface area contributed by atoms with Crippen LogP contribution in [-0.4, -0.2) is 79.7 Å². The fourth-order valence-corrected chi connectivity index (χ4v) is 17.3. The number of hydrogen-bond acceptors (Lipinski definition) is 14. The number of amides is 4. The molecule has 4 aliphatic rings. The number of ether oxygens (including phenoxy) is 4. The van der Waals surface area contributed by atoms with Crippen LogP contribution in [-0.2, 0) is 47.2 Å². The molecule has 102 heavy (non-hydrogen) atoms. The summed E-state index contributed by atoms with van der Waals surface area (Å²) in [4.78, 5) is 82.2. The standard InChI is InChI=1S/C84H103N7O11/c1-57(2)17-15-18-58(3)72-42-43-73-71-41-32-65-54-70(46-48-82(65,4)74(71)47-49-83(72,73)5)100-52-16-50-87-77(92)44-45-78(93)89-76(53-59-24-26-60(55-85)27-25-59)80(95)90(66-33-28-61(29-34-66)56-101-81(96)102-69-39-35-67(36-40-69)91(97)98)79(94)75(86)23-13-14-51-88-84(62-19-9-7-10-20-62,63-21-11-8-12-22-63)64-30-37-68(99-6)38-31-64/h7-12,19-22,24-40,57-58,70-76,88H,13-18,23,41-54,56,86H2,1-6H3,(H,87,92)(H,89,93)/t58-,70?,71+,72-,73+,74+,75+,76+,82+,83-/m1/s1. The van der Waals surface area contributed by atoms with Crippen LogP contribution in [0.5, 0.6) is 11.5 Å². The first kappa shape index (κ1) is 75.6. The second-order valence-corrected chi connectivity index (χ2v) is 29.7. The zero-order chi connectivity index (χ0) is 72.4. The van der Waals surface area contributed by atoms with Crippen LogP contribution in [0, 0.1) is 67.8 Å². The van der Waals surface area contributed by atoms with Gasteiger partial charge in [0.05, 0.1) is 47.0 Å². The highest BCUT2D eigenvalue weighted by molar-refractivity contribution is 6.18. The van der Waals surface area contributed by atoms with Crippen LogP contribution >= 0.6 is 0 Å². The molecule has 18 nitrogen and oxygen atoms in total. The quantitative estimate of drug-likeness (QED) is 0.00569. The molecule has 0 aliphatic heterocycles. The molecule has 5 N–H and O–H groups in total. The molecule has 0 bridgehead atoms. The van der Waals surface area contributed by atoms with E-state index in [2.05, 4.69) is 87.0 Å². The molecule has 540 valence electrons. The summed E-state index contributed by atoms with van der Waals surface area (Å²) < 4.78 is 22.6. The minimum absolute atomic E-state index is 0.0289. The Hall–Kier alpha value is -9.02. The maximum absolute atomic E-state index is 15.4. The molecule has 4 amide bonds. The molecule has 4 aliphatic carbocycles. The van der Waals surface area contributed by atoms with Gasteiger partial charge in [0.2, 0.25) is 11.8 Å². The number of imide groups is 1. The number of methoxy groups -OCH3 is 1. The summed E-state index contributed by atoms with van der Waals surface area (Å²) in [6.07, 6.45) is 16.8. The number of carbonyl (C=O) groups excluding carboxylic acids is 5. The lowest BCUT2D eigenvalue weighted by atomic mass is 9.47. The molecule has 3 fully saturated rings. The number of fused-ring (bicyclic) bond motifs is 5. The number of unbranched alkanes of at least 4 members (excludes halogenated alkanes) is 1. The van der Waals surface area contributed by atoms with Crippen LogP contribution < -0.4 is 36.1 Å². The first-order chi connectivity index (χ1) is 49.2. The zero-order valence-corrected chi connectivity index (χ0v) is 60.3. The highest BCUT2D eigenvalue weighted by atomic mass is 16.7. The number of nitro benzene ring substituents is 1. The number of carbonyl (C=O) groups is 5. The Balaban J connectivity index is 0.767. The summed E-state index contributed by atoms with van der Waals surface area (Å²) >= 11 is 0. The number of nitriles is 1. The van der Waals surface area contributed by atoms with Gasteiger partial charge in [-0.2, -0.15) is 5.26 Å². The van der Waals surface area contributed by atoms with Crippen molar-refractivity contribution in [2.24, 2.45) is 52.1 Å². The van der Waals surface area contributed by atoms with Gasteiger partial charge in [0.25, 0.3) is 17.5 Å². The van der Waals surface area contributed by atoms with Gasteiger partial charge < -0.3 is 35.3 Å². The van der Waals surface area contributed by atoms with E-state index >= 15 is 9.59 Å². The minimum atomic E-state index is -1.36. The number of anilines is 1. The van der Waals surface area contributed by atoms with Crippen LogP contribution in [0.2, 0.25) is 0 Å². The number of nitrogens with two attached hydrogens (primary N) is 1. The number of nitrogens with zero attached hydrogens (tertiary/aromatic N) is 3. The van der Waals surface area contributed by atoms with Gasteiger partial charge in [0.1, 0.15) is 24.1 Å². The van der Waals surface area contributed by atoms with Crippen molar-refractivity contribution in [3.63, 3.8) is 0 Å². The average Bonchev–Trinajstić information content (AvgIpc) is 1.42. The van der Waals surface area contributed by atoms with Crippen molar-refractivity contribution in [2.45, 2.75) is 181 Å². The van der Waals surface area contributed by atoms with Crippen LogP contribution in [0.25, 0.3) is 0 Å². The van der Waals surface area contributed by atoms with Gasteiger partial charge in [-0.3, -0.25) is 34.6 Å². The molecule has 0 radical (unpaired) electrons. The molecule has 10 atom stereocenters. The summed E-state index contributed by atoms with van der Waals surface area (Å²) in [5.74, 6) is 3.01. The maximum atomic E-state index is 15.4. The molecule has 6 aromatic rings. The van der Waals surface area contributed by atoms with E-state index in [0.29, 0.717) is 61.1 Å². The Labute approximate surface area is 602 Å². The monoisotopic (exact) mass is 1390 g/mol. The van der Waals surface area contributed by atoms with Crippen LogP contribution in [0.15, 0.2) is 169 Å². The van der Waals surface area contributed by atoms with Gasteiger partial charge >= 0.3 is 6.16 Å². The largest absolute Gasteiger partial charge is 0.514 e. The Morgan fingerprint density at radius 2 is 1.36 bits per heavy atom. The number of allylic oxidation sites excluding steroid dienone is 1. The van der Waals surface area contributed by atoms with E-state index in [1.165, 1.54) is 87.8 Å². The van der Waals surface area contributed by atoms with Crippen LogP contribution in [0.4, 0.5) is 16.2 Å². The van der Waals surface area contributed by atoms with Crippen molar-refractivity contribution in [1.29, 1.82) is 5.26 Å². The van der Waals surface area contributed by atoms with Gasteiger partial charge in [0, 0.05) is 44.5 Å². The van der Waals surface area contributed by atoms with Crippen LogP contribution in [0.3, 0.4) is 0 Å². The molecule has 0 heterocycles. The zero-order valence-electron chi connectivity index (χ0n) is 60.3. The van der Waals surface area contributed by atoms with Crippen molar-refractivity contribution >= 4 is 41.2 Å². The smallest absolute Gasteiger partial charge is 0.497 e. The number of nitro groups is 1. The van der Waals surface area contributed by atoms with Crippen molar-refractivity contribution in [2.75, 3.05) is 31.7 Å². The third-order valence-electron chi connectivity index (χ3n) is 22.8. The number of hydrogen-bond donors (Lipinski definition) is 4. The number of nitrogens with one attached hydrogen (secondary N) is 3. The Kier molecular flexibility index (Phi) is 26.1. The molecule has 3 saturated carbocycles. The van der Waals surface area contributed by atoms with Gasteiger partial charge in [-0.1, -0.05) is 169 Å². The second-order valence-electron chi connectivity index (χ2n) is 29.7. The normalized spacial score (nSPS) is 21.5. The van der Waals surface area contributed by atoms with Crippen molar-refractivity contribution in [1.82, 2.24) is 16.0 Å². The number of rotatable bonds is 33. The summed E-state index contributed by atoms with van der Waals surface area (Å²) in [6.45, 7) is 13.5. The highest BCUT2D eigenvalue weighted by Crippen LogP contribution is 2.67. The lowest BCUT2D eigenvalue weighted by Gasteiger charge is -2.58. The van der Waals surface area contributed by atoms with Crippen molar-refractivity contribution < 1.29 is 47.8 Å². The average molecular weight is 1390 g/mol. The van der Waals surface area contributed by atoms with E-state index in [-0.39, 0.29) is 66.8 Å². The van der Waals surface area contributed by atoms with Gasteiger partial charge in [-0.05, 0) is 200 Å². The molecule has 1 unspecified atom stereocenters. The van der Waals surface area contributed by atoms with E-state index in [4.69, 9.17) is 24.7 Å². The molecule has 18 heteroatoms. The predicted octanol–water partition coefficient (Wildman–Crippen LogP) is 15.6. The Morgan fingerprint density at radius 1 is 0.706 bits per heavy atom. The lowest BCUT2D eigenvalue weighted by Crippen LogP contribution is -2.55. The molecule has 6 aromatic carbocycles. The third kappa shape index (κ3) is 18.4. The predicted molar refractivity (Wildman–Crippen MR) is 395 cm³/mol. The van der Waals surface area contributed by atoms with E-state index in [1.54, 1.807) is 49.1 Å². The third-order valence-corrected chi connectivity index (χ3v) is 22.8. The molecular weight excluding hydrogens is 1280 g/mol. The van der Waals surface area contributed by atoms with Crippen molar-refractivity contribution in [3.05, 3.63) is 213 Å². The summed E-state index contributed by atoms with van der Waals surface area (Å²) in [6, 6.07) is 45.4.